The fraction of sp³-hybridized carbons (Fsp3) is 0.462. The Morgan fingerprint density at radius 3 is 2.53 bits per heavy atom. The van der Waals surface area contributed by atoms with Crippen LogP contribution in [0.5, 0.6) is 5.75 Å². The van der Waals surface area contributed by atoms with Crippen LogP contribution in [0.15, 0.2) is 17.0 Å². The molecule has 0 bridgehead atoms. The summed E-state index contributed by atoms with van der Waals surface area (Å²) in [6.07, 6.45) is 0. The molecule has 0 spiro atoms. The molecule has 0 heterocycles. The molecule has 1 unspecified atom stereocenters. The molecule has 1 aromatic rings. The zero-order valence-corrected chi connectivity index (χ0v) is 11.4. The van der Waals surface area contributed by atoms with Crippen molar-refractivity contribution in [3.8, 4) is 5.75 Å². The van der Waals surface area contributed by atoms with E-state index in [0.29, 0.717) is 5.75 Å². The molecular formula is C13H18O3S. The quantitative estimate of drug-likeness (QED) is 0.820. The maximum absolute atomic E-state index is 10.8. The van der Waals surface area contributed by atoms with Crippen molar-refractivity contribution >= 4 is 17.7 Å². The molecule has 0 aliphatic heterocycles. The van der Waals surface area contributed by atoms with Gasteiger partial charge in [-0.05, 0) is 37.1 Å². The number of carboxylic acids is 1. The van der Waals surface area contributed by atoms with Gasteiger partial charge in [-0.25, -0.2) is 0 Å². The van der Waals surface area contributed by atoms with E-state index < -0.39 is 5.97 Å². The van der Waals surface area contributed by atoms with Crippen LogP contribution >= 0.6 is 11.8 Å². The van der Waals surface area contributed by atoms with Crippen molar-refractivity contribution in [2.24, 2.45) is 5.92 Å². The van der Waals surface area contributed by atoms with Crippen molar-refractivity contribution in [2.45, 2.75) is 25.7 Å². The lowest BCUT2D eigenvalue weighted by atomic mass is 10.1. The highest BCUT2D eigenvalue weighted by Gasteiger charge is 2.13. The van der Waals surface area contributed by atoms with E-state index in [-0.39, 0.29) is 5.92 Å². The van der Waals surface area contributed by atoms with E-state index in [2.05, 4.69) is 0 Å². The Labute approximate surface area is 106 Å². The van der Waals surface area contributed by atoms with Gasteiger partial charge in [-0.1, -0.05) is 6.92 Å². The molecule has 0 aliphatic rings. The molecule has 0 radical (unpaired) electrons. The van der Waals surface area contributed by atoms with Crippen LogP contribution in [0.3, 0.4) is 0 Å². The van der Waals surface area contributed by atoms with Crippen LogP contribution in [-0.4, -0.2) is 23.9 Å². The predicted molar refractivity (Wildman–Crippen MR) is 70.0 cm³/mol. The number of methoxy groups -OCH3 is 1. The number of aryl methyl sites for hydroxylation is 2. The normalized spacial score (nSPS) is 12.2. The number of carbonyl (C=O) groups is 1. The van der Waals surface area contributed by atoms with Crippen LogP contribution in [0.1, 0.15) is 18.1 Å². The van der Waals surface area contributed by atoms with E-state index in [1.54, 1.807) is 14.0 Å². The molecule has 4 heteroatoms. The first-order chi connectivity index (χ1) is 7.95. The van der Waals surface area contributed by atoms with Gasteiger partial charge in [0, 0.05) is 10.6 Å². The van der Waals surface area contributed by atoms with Crippen molar-refractivity contribution < 1.29 is 14.6 Å². The van der Waals surface area contributed by atoms with Gasteiger partial charge in [0.15, 0.2) is 0 Å². The number of ether oxygens (including phenoxy) is 1. The summed E-state index contributed by atoms with van der Waals surface area (Å²) in [5.41, 5.74) is 2.37. The Kier molecular flexibility index (Phi) is 4.87. The first-order valence-electron chi connectivity index (χ1n) is 5.46. The second-order valence-electron chi connectivity index (χ2n) is 4.14. The first kappa shape index (κ1) is 13.9. The monoisotopic (exact) mass is 254 g/mol. The Bertz CT molecular complexity index is 415. The molecule has 0 saturated carbocycles. The van der Waals surface area contributed by atoms with Crippen molar-refractivity contribution in [1.29, 1.82) is 0 Å². The molecule has 94 valence electrons. The van der Waals surface area contributed by atoms with Gasteiger partial charge in [0.05, 0.1) is 13.0 Å². The van der Waals surface area contributed by atoms with Gasteiger partial charge in [-0.15, -0.1) is 11.8 Å². The molecule has 17 heavy (non-hydrogen) atoms. The van der Waals surface area contributed by atoms with E-state index in [9.17, 15) is 4.79 Å². The lowest BCUT2D eigenvalue weighted by molar-refractivity contribution is -0.140. The van der Waals surface area contributed by atoms with Crippen molar-refractivity contribution in [2.75, 3.05) is 12.9 Å². The highest BCUT2D eigenvalue weighted by molar-refractivity contribution is 7.99. The van der Waals surface area contributed by atoms with Crippen molar-refractivity contribution in [3.05, 3.63) is 23.3 Å². The fourth-order valence-corrected chi connectivity index (χ4v) is 2.44. The lowest BCUT2D eigenvalue weighted by Gasteiger charge is -2.12. The highest BCUT2D eigenvalue weighted by Crippen LogP contribution is 2.32. The number of aliphatic carboxylic acids is 1. The Hall–Kier alpha value is -1.16. The second-order valence-corrected chi connectivity index (χ2v) is 5.20. The van der Waals surface area contributed by atoms with Gasteiger partial charge in [-0.3, -0.25) is 4.79 Å². The molecule has 0 saturated heterocycles. The minimum absolute atomic E-state index is 0.355. The summed E-state index contributed by atoms with van der Waals surface area (Å²) in [5, 5.41) is 8.84. The van der Waals surface area contributed by atoms with E-state index in [4.69, 9.17) is 9.84 Å². The van der Waals surface area contributed by atoms with Gasteiger partial charge in [0.1, 0.15) is 5.75 Å². The summed E-state index contributed by atoms with van der Waals surface area (Å²) in [6, 6.07) is 4.04. The molecule has 1 rings (SSSR count). The second kappa shape index (κ2) is 5.96. The van der Waals surface area contributed by atoms with Crippen LogP contribution in [0.2, 0.25) is 0 Å². The summed E-state index contributed by atoms with van der Waals surface area (Å²) in [7, 11) is 1.63. The summed E-state index contributed by atoms with van der Waals surface area (Å²) < 4.78 is 5.31. The molecule has 3 nitrogen and oxygen atoms in total. The van der Waals surface area contributed by atoms with Crippen LogP contribution in [0.4, 0.5) is 0 Å². The minimum Gasteiger partial charge on any atom is -0.496 e. The third kappa shape index (κ3) is 3.66. The van der Waals surface area contributed by atoms with Crippen LogP contribution in [0, 0.1) is 19.8 Å². The Morgan fingerprint density at radius 1 is 1.41 bits per heavy atom. The number of thioether (sulfide) groups is 1. The third-order valence-corrected chi connectivity index (χ3v) is 3.99. The van der Waals surface area contributed by atoms with E-state index >= 15 is 0 Å². The van der Waals surface area contributed by atoms with Gasteiger partial charge in [-0.2, -0.15) is 0 Å². The average Bonchev–Trinajstić information content (AvgIpc) is 2.29. The summed E-state index contributed by atoms with van der Waals surface area (Å²) in [6.45, 7) is 5.79. The van der Waals surface area contributed by atoms with Crippen LogP contribution in [-0.2, 0) is 4.79 Å². The Morgan fingerprint density at radius 2 is 2.00 bits per heavy atom. The highest BCUT2D eigenvalue weighted by atomic mass is 32.2. The van der Waals surface area contributed by atoms with E-state index in [0.717, 1.165) is 10.6 Å². The number of benzene rings is 1. The molecule has 1 aromatic carbocycles. The lowest BCUT2D eigenvalue weighted by Crippen LogP contribution is -2.11. The maximum atomic E-state index is 10.8. The summed E-state index contributed by atoms with van der Waals surface area (Å²) in [5.74, 6) is 0.246. The Balaban J connectivity index is 2.83. The minimum atomic E-state index is -0.764. The zero-order valence-electron chi connectivity index (χ0n) is 10.6. The van der Waals surface area contributed by atoms with E-state index in [1.807, 2.05) is 26.0 Å². The topological polar surface area (TPSA) is 46.5 Å². The van der Waals surface area contributed by atoms with Gasteiger partial charge < -0.3 is 9.84 Å². The van der Waals surface area contributed by atoms with Gasteiger partial charge >= 0.3 is 5.97 Å². The molecule has 0 aromatic heterocycles. The molecule has 1 N–H and O–H groups in total. The third-order valence-electron chi connectivity index (χ3n) is 2.69. The zero-order chi connectivity index (χ0) is 13.0. The number of hydrogen-bond acceptors (Lipinski definition) is 3. The predicted octanol–water partition coefficient (Wildman–Crippen LogP) is 3.12. The van der Waals surface area contributed by atoms with Gasteiger partial charge in [0.25, 0.3) is 0 Å². The summed E-state index contributed by atoms with van der Waals surface area (Å²) in [4.78, 5) is 11.8. The maximum Gasteiger partial charge on any atom is 0.307 e. The van der Waals surface area contributed by atoms with Crippen LogP contribution in [0.25, 0.3) is 0 Å². The average molecular weight is 254 g/mol. The number of carboxylic acid groups (broad SMARTS) is 1. The first-order valence-corrected chi connectivity index (χ1v) is 6.45. The smallest absolute Gasteiger partial charge is 0.307 e. The van der Waals surface area contributed by atoms with Crippen LogP contribution < -0.4 is 4.74 Å². The molecule has 0 fully saturated rings. The fourth-order valence-electron chi connectivity index (χ4n) is 1.32. The SMILES string of the molecule is COc1cc(C)c(C)cc1SCC(C)C(=O)O. The molecule has 0 aliphatic carbocycles. The molecular weight excluding hydrogens is 236 g/mol. The standard InChI is InChI=1S/C13H18O3S/c1-8-5-11(16-4)12(6-9(8)2)17-7-10(3)13(14)15/h5-6,10H,7H2,1-4H3,(H,14,15). The largest absolute Gasteiger partial charge is 0.496 e. The molecule has 1 atom stereocenters. The number of rotatable bonds is 5. The summed E-state index contributed by atoms with van der Waals surface area (Å²) >= 11 is 1.53. The van der Waals surface area contributed by atoms with Gasteiger partial charge in [0.2, 0.25) is 0 Å². The number of hydrogen-bond donors (Lipinski definition) is 1. The van der Waals surface area contributed by atoms with E-state index in [1.165, 1.54) is 22.9 Å². The van der Waals surface area contributed by atoms with Crippen molar-refractivity contribution in [1.82, 2.24) is 0 Å². The molecule has 0 amide bonds. The van der Waals surface area contributed by atoms with Crippen molar-refractivity contribution in [3.63, 3.8) is 0 Å².